The Labute approximate surface area is 126 Å². The molecule has 0 unspecified atom stereocenters. The van der Waals surface area contributed by atoms with Gasteiger partial charge in [-0.15, -0.1) is 0 Å². The molecule has 116 valence electrons. The minimum Gasteiger partial charge on any atom is -0.414 e. The molecule has 4 rings (SSSR count). The fourth-order valence-corrected chi connectivity index (χ4v) is 7.39. The van der Waals surface area contributed by atoms with Crippen LogP contribution in [-0.4, -0.2) is 28.8 Å². The molecule has 0 spiro atoms. The van der Waals surface area contributed by atoms with Crippen LogP contribution in [0.3, 0.4) is 0 Å². The Kier molecular flexibility index (Phi) is 3.76. The van der Waals surface area contributed by atoms with Gasteiger partial charge in [-0.2, -0.15) is 0 Å². The van der Waals surface area contributed by atoms with Crippen molar-refractivity contribution in [2.24, 2.45) is 23.7 Å². The SMILES string of the molecule is C[Si](C)(C)OC1C2CC3CC1CC(C2)C3O[Si](C)(C)C. The largest absolute Gasteiger partial charge is 0.414 e. The van der Waals surface area contributed by atoms with Crippen LogP contribution in [0.4, 0.5) is 0 Å². The average molecular weight is 313 g/mol. The van der Waals surface area contributed by atoms with E-state index < -0.39 is 16.6 Å². The Bertz CT molecular complexity index is 308. The molecule has 0 radical (unpaired) electrons. The normalized spacial score (nSPS) is 44.1. The molecule has 4 aliphatic carbocycles. The van der Waals surface area contributed by atoms with E-state index in [0.717, 1.165) is 23.7 Å². The second-order valence-electron chi connectivity index (χ2n) is 9.37. The summed E-state index contributed by atoms with van der Waals surface area (Å²) in [6.07, 6.45) is 6.66. The second kappa shape index (κ2) is 4.93. The third-order valence-corrected chi connectivity index (χ3v) is 7.22. The number of hydrogen-bond acceptors (Lipinski definition) is 2. The van der Waals surface area contributed by atoms with E-state index in [1.807, 2.05) is 0 Å². The average Bonchev–Trinajstić information content (AvgIpc) is 2.21. The van der Waals surface area contributed by atoms with Gasteiger partial charge in [-0.3, -0.25) is 0 Å². The van der Waals surface area contributed by atoms with Crippen molar-refractivity contribution in [2.75, 3.05) is 0 Å². The van der Waals surface area contributed by atoms with Crippen molar-refractivity contribution in [1.29, 1.82) is 0 Å². The monoisotopic (exact) mass is 312 g/mol. The maximum Gasteiger partial charge on any atom is 0.184 e. The molecule has 0 aromatic heterocycles. The minimum atomic E-state index is -1.40. The number of rotatable bonds is 4. The fraction of sp³-hybridized carbons (Fsp3) is 1.00. The molecule has 0 aromatic carbocycles. The summed E-state index contributed by atoms with van der Waals surface area (Å²) in [5.41, 5.74) is 0. The van der Waals surface area contributed by atoms with Gasteiger partial charge in [0.15, 0.2) is 16.6 Å². The van der Waals surface area contributed by atoms with Crippen molar-refractivity contribution in [3.05, 3.63) is 0 Å². The van der Waals surface area contributed by atoms with E-state index in [2.05, 4.69) is 39.3 Å². The van der Waals surface area contributed by atoms with Crippen LogP contribution in [0.15, 0.2) is 0 Å². The van der Waals surface area contributed by atoms with Crippen LogP contribution < -0.4 is 0 Å². The molecule has 2 nitrogen and oxygen atoms in total. The van der Waals surface area contributed by atoms with E-state index >= 15 is 0 Å². The molecule has 0 aliphatic heterocycles. The highest BCUT2D eigenvalue weighted by Crippen LogP contribution is 2.56. The van der Waals surface area contributed by atoms with Gasteiger partial charge in [0, 0.05) is 0 Å². The Hall–Kier alpha value is 0.354. The van der Waals surface area contributed by atoms with Gasteiger partial charge in [0.25, 0.3) is 0 Å². The minimum absolute atomic E-state index is 0.585. The molecule has 0 heterocycles. The van der Waals surface area contributed by atoms with Crippen molar-refractivity contribution >= 4 is 16.6 Å². The highest BCUT2D eigenvalue weighted by Gasteiger charge is 2.54. The molecular formula is C16H32O2Si2. The van der Waals surface area contributed by atoms with E-state index in [9.17, 15) is 0 Å². The van der Waals surface area contributed by atoms with Crippen LogP contribution in [0.25, 0.3) is 0 Å². The second-order valence-corrected chi connectivity index (χ2v) is 18.3. The first-order chi connectivity index (χ1) is 9.12. The van der Waals surface area contributed by atoms with E-state index in [1.165, 1.54) is 25.7 Å². The molecule has 4 heteroatoms. The van der Waals surface area contributed by atoms with Gasteiger partial charge in [-0.1, -0.05) is 0 Å². The molecule has 0 N–H and O–H groups in total. The van der Waals surface area contributed by atoms with Crippen molar-refractivity contribution in [3.63, 3.8) is 0 Å². The molecule has 0 aromatic rings. The molecule has 0 atom stereocenters. The number of hydrogen-bond donors (Lipinski definition) is 0. The molecule has 4 bridgehead atoms. The summed E-state index contributed by atoms with van der Waals surface area (Å²) in [4.78, 5) is 0. The molecule has 20 heavy (non-hydrogen) atoms. The van der Waals surface area contributed by atoms with Gasteiger partial charge >= 0.3 is 0 Å². The Morgan fingerprint density at radius 3 is 1.00 bits per heavy atom. The maximum absolute atomic E-state index is 6.56. The van der Waals surface area contributed by atoms with Crippen LogP contribution in [0.5, 0.6) is 0 Å². The standard InChI is InChI=1S/C16H32O2Si2/c1-19(2,3)17-15-11-7-13-9-12(15)10-14(8-11)16(13)18-20(4,5)6/h11-16H,7-10H2,1-6H3. The zero-order chi connectivity index (χ0) is 14.7. The summed E-state index contributed by atoms with van der Waals surface area (Å²) >= 11 is 0. The molecular weight excluding hydrogens is 280 g/mol. The third-order valence-electron chi connectivity index (χ3n) is 5.26. The molecule has 4 aliphatic rings. The Morgan fingerprint density at radius 2 is 0.800 bits per heavy atom. The van der Waals surface area contributed by atoms with Gasteiger partial charge in [0.2, 0.25) is 0 Å². The summed E-state index contributed by atoms with van der Waals surface area (Å²) in [7, 11) is -2.79. The summed E-state index contributed by atoms with van der Waals surface area (Å²) in [5.74, 6) is 3.35. The molecule has 0 amide bonds. The van der Waals surface area contributed by atoms with E-state index in [-0.39, 0.29) is 0 Å². The summed E-state index contributed by atoms with van der Waals surface area (Å²) in [6.45, 7) is 14.1. The molecule has 0 saturated heterocycles. The molecule has 4 saturated carbocycles. The van der Waals surface area contributed by atoms with Gasteiger partial charge in [-0.25, -0.2) is 0 Å². The van der Waals surface area contributed by atoms with Crippen LogP contribution >= 0.6 is 0 Å². The maximum atomic E-state index is 6.56. The lowest BCUT2D eigenvalue weighted by molar-refractivity contribution is -0.138. The van der Waals surface area contributed by atoms with Crippen LogP contribution in [0.1, 0.15) is 25.7 Å². The first-order valence-corrected chi connectivity index (χ1v) is 15.3. The quantitative estimate of drug-likeness (QED) is 0.712. The summed E-state index contributed by atoms with van der Waals surface area (Å²) in [6, 6.07) is 0. The van der Waals surface area contributed by atoms with Gasteiger partial charge < -0.3 is 8.85 Å². The predicted octanol–water partition coefficient (Wildman–Crippen LogP) is 4.49. The van der Waals surface area contributed by atoms with Gasteiger partial charge in [-0.05, 0) is 88.6 Å². The van der Waals surface area contributed by atoms with E-state index in [1.54, 1.807) is 0 Å². The highest BCUT2D eigenvalue weighted by atomic mass is 28.4. The van der Waals surface area contributed by atoms with E-state index in [0.29, 0.717) is 12.2 Å². The van der Waals surface area contributed by atoms with Crippen molar-refractivity contribution in [3.8, 4) is 0 Å². The fourth-order valence-electron chi connectivity index (χ4n) is 4.98. The zero-order valence-corrected chi connectivity index (χ0v) is 16.1. The third kappa shape index (κ3) is 3.08. The first-order valence-electron chi connectivity index (χ1n) is 8.48. The van der Waals surface area contributed by atoms with Crippen LogP contribution in [0.2, 0.25) is 39.3 Å². The Morgan fingerprint density at radius 1 is 0.550 bits per heavy atom. The van der Waals surface area contributed by atoms with Crippen molar-refractivity contribution in [2.45, 2.75) is 77.2 Å². The summed E-state index contributed by atoms with van der Waals surface area (Å²) in [5, 5.41) is 0. The van der Waals surface area contributed by atoms with Gasteiger partial charge in [0.05, 0.1) is 12.2 Å². The lowest BCUT2D eigenvalue weighted by Crippen LogP contribution is -2.59. The molecule has 4 fully saturated rings. The van der Waals surface area contributed by atoms with Crippen molar-refractivity contribution < 1.29 is 8.85 Å². The first kappa shape index (κ1) is 15.3. The van der Waals surface area contributed by atoms with Gasteiger partial charge in [0.1, 0.15) is 0 Å². The summed E-state index contributed by atoms with van der Waals surface area (Å²) < 4.78 is 13.1. The van der Waals surface area contributed by atoms with Crippen LogP contribution in [0, 0.1) is 23.7 Å². The lowest BCUT2D eigenvalue weighted by Gasteiger charge is -2.59. The van der Waals surface area contributed by atoms with Crippen molar-refractivity contribution in [1.82, 2.24) is 0 Å². The smallest absolute Gasteiger partial charge is 0.184 e. The Balaban J connectivity index is 1.69. The highest BCUT2D eigenvalue weighted by molar-refractivity contribution is 6.70. The van der Waals surface area contributed by atoms with E-state index in [4.69, 9.17) is 8.85 Å². The van der Waals surface area contributed by atoms with Crippen LogP contribution in [-0.2, 0) is 8.85 Å². The lowest BCUT2D eigenvalue weighted by atomic mass is 9.54. The topological polar surface area (TPSA) is 18.5 Å². The zero-order valence-electron chi connectivity index (χ0n) is 14.1. The predicted molar refractivity (Wildman–Crippen MR) is 88.9 cm³/mol.